The van der Waals surface area contributed by atoms with Gasteiger partial charge in [-0.2, -0.15) is 26.3 Å². The van der Waals surface area contributed by atoms with E-state index < -0.39 is 100 Å². The molecule has 22 heteroatoms. The van der Waals surface area contributed by atoms with Gasteiger partial charge in [-0.15, -0.1) is 13.2 Å². The number of carbonyl (C=O) groups is 8. The van der Waals surface area contributed by atoms with Crippen molar-refractivity contribution in [2.24, 2.45) is 0 Å². The van der Waals surface area contributed by atoms with Gasteiger partial charge < -0.3 is 25.6 Å². The van der Waals surface area contributed by atoms with Gasteiger partial charge in [0, 0.05) is 58.5 Å². The molecule has 87 heavy (non-hydrogen) atoms. The quantitative estimate of drug-likeness (QED) is 0.0302. The molecule has 0 aliphatic heterocycles. The number of allylic oxidation sites excluding steroid dienone is 2. The number of carboxylic acid groups (broad SMARTS) is 2. The van der Waals surface area contributed by atoms with E-state index in [2.05, 4.69) is 15.4 Å². The zero-order valence-corrected chi connectivity index (χ0v) is 47.1. The summed E-state index contributed by atoms with van der Waals surface area (Å²) in [4.78, 5) is 99.8. The number of Topliss-reactive ketones (excluding diaryl/α,β-unsaturated/α-hetero) is 3. The lowest BCUT2D eigenvalue weighted by molar-refractivity contribution is -0.274. The summed E-state index contributed by atoms with van der Waals surface area (Å²) in [5, 5.41) is 22.3. The Bertz CT molecular complexity index is 3460. The maximum atomic E-state index is 13.8. The van der Waals surface area contributed by atoms with Crippen LogP contribution in [0, 0.1) is 0 Å². The van der Waals surface area contributed by atoms with Crippen molar-refractivity contribution in [2.45, 2.75) is 108 Å². The Hall–Kier alpha value is -9.21. The van der Waals surface area contributed by atoms with Crippen molar-refractivity contribution in [1.29, 1.82) is 0 Å². The Morgan fingerprint density at radius 3 is 1.43 bits per heavy atom. The highest BCUT2D eigenvalue weighted by Gasteiger charge is 2.38. The maximum absolute atomic E-state index is 13.8. The lowest BCUT2D eigenvalue weighted by atomic mass is 9.81. The highest BCUT2D eigenvalue weighted by atomic mass is 19.4. The zero-order valence-electron chi connectivity index (χ0n) is 47.1. The first-order valence-electron chi connectivity index (χ1n) is 27.2. The minimum absolute atomic E-state index is 0.0521. The second-order valence-electron chi connectivity index (χ2n) is 21.4. The van der Waals surface area contributed by atoms with Crippen molar-refractivity contribution >= 4 is 52.5 Å². The fraction of sp³-hybridized carbons (Fsp3) is 0.292. The third-order valence-corrected chi connectivity index (χ3v) is 14.1. The number of benzene rings is 6. The fourth-order valence-corrected chi connectivity index (χ4v) is 9.37. The average molecular weight is 1220 g/mol. The first-order valence-corrected chi connectivity index (χ1v) is 27.2. The Kier molecular flexibility index (Phi) is 22.1. The minimum Gasteiger partial charge on any atom is -0.481 e. The van der Waals surface area contributed by atoms with Gasteiger partial charge in [-0.25, -0.2) is 0 Å². The van der Waals surface area contributed by atoms with Crippen LogP contribution in [0.25, 0.3) is 5.57 Å². The molecular weight excluding hydrogens is 1160 g/mol. The predicted molar refractivity (Wildman–Crippen MR) is 302 cm³/mol. The van der Waals surface area contributed by atoms with Gasteiger partial charge in [-0.3, -0.25) is 38.4 Å². The summed E-state index contributed by atoms with van der Waals surface area (Å²) in [6, 6.07) is 29.8. The summed E-state index contributed by atoms with van der Waals surface area (Å²) in [6.45, 7) is 5.88. The van der Waals surface area contributed by atoms with Crippen LogP contribution in [0.5, 0.6) is 5.75 Å². The molecule has 0 aromatic heterocycles. The molecule has 0 heterocycles. The highest BCUT2D eigenvalue weighted by Crippen LogP contribution is 2.39. The number of alkyl halides is 9. The van der Waals surface area contributed by atoms with E-state index in [4.69, 9.17) is 10.2 Å². The molecule has 0 radical (unpaired) electrons. The molecule has 1 aliphatic carbocycles. The predicted octanol–water partition coefficient (Wildman–Crippen LogP) is 14.5. The van der Waals surface area contributed by atoms with Crippen LogP contribution >= 0.6 is 0 Å². The molecule has 6 aromatic rings. The molecule has 6 aromatic carbocycles. The molecule has 458 valence electrons. The number of nitrogens with one attached hydrogen (secondary N) is 2. The van der Waals surface area contributed by atoms with E-state index in [9.17, 15) is 77.9 Å². The number of hydrogen-bond acceptors (Lipinski definition) is 9. The van der Waals surface area contributed by atoms with Crippen LogP contribution in [0.3, 0.4) is 0 Å². The number of amides is 2. The number of aliphatic carboxylic acids is 2. The first kappa shape index (κ1) is 66.9. The van der Waals surface area contributed by atoms with Crippen molar-refractivity contribution in [3.05, 3.63) is 212 Å². The van der Waals surface area contributed by atoms with Crippen LogP contribution in [0.1, 0.15) is 180 Å². The van der Waals surface area contributed by atoms with Gasteiger partial charge in [0.05, 0.1) is 29.9 Å². The monoisotopic (exact) mass is 1210 g/mol. The van der Waals surface area contributed by atoms with E-state index in [-0.39, 0.29) is 70.8 Å². The molecule has 13 nitrogen and oxygen atoms in total. The summed E-state index contributed by atoms with van der Waals surface area (Å²) in [5.41, 5.74) is -0.960. The van der Waals surface area contributed by atoms with Gasteiger partial charge in [-0.05, 0) is 107 Å². The van der Waals surface area contributed by atoms with E-state index in [1.54, 1.807) is 24.3 Å². The van der Waals surface area contributed by atoms with Gasteiger partial charge in [0.15, 0.2) is 23.1 Å². The first-order chi connectivity index (χ1) is 40.8. The van der Waals surface area contributed by atoms with E-state index in [1.807, 2.05) is 45.0 Å². The Morgan fingerprint density at radius 1 is 0.529 bits per heavy atom. The summed E-state index contributed by atoms with van der Waals surface area (Å²) in [6.07, 6.45) is -10.1. The van der Waals surface area contributed by atoms with Crippen molar-refractivity contribution in [1.82, 2.24) is 10.6 Å². The van der Waals surface area contributed by atoms with Crippen LogP contribution in [0.2, 0.25) is 0 Å². The van der Waals surface area contributed by atoms with E-state index in [0.29, 0.717) is 29.2 Å². The Balaban J connectivity index is 0.000000280. The number of hydrogen-bond donors (Lipinski definition) is 4. The van der Waals surface area contributed by atoms with Gasteiger partial charge in [-0.1, -0.05) is 125 Å². The third-order valence-electron chi connectivity index (χ3n) is 14.1. The molecule has 0 spiro atoms. The Morgan fingerprint density at radius 2 is 0.977 bits per heavy atom. The molecule has 2 amide bonds. The van der Waals surface area contributed by atoms with Crippen molar-refractivity contribution < 1.29 is 92.8 Å². The summed E-state index contributed by atoms with van der Waals surface area (Å²) in [7, 11) is 0. The number of halogens is 9. The van der Waals surface area contributed by atoms with Crippen molar-refractivity contribution in [2.75, 3.05) is 13.1 Å². The molecule has 0 bridgehead atoms. The number of rotatable bonds is 21. The molecule has 4 N–H and O–H groups in total. The zero-order chi connectivity index (χ0) is 64.0. The molecule has 1 saturated carbocycles. The molecular formula is C65H59F9N2O11. The summed E-state index contributed by atoms with van der Waals surface area (Å²) >= 11 is 0. The molecule has 1 fully saturated rings. The van der Waals surface area contributed by atoms with Crippen molar-refractivity contribution in [3.8, 4) is 5.75 Å². The van der Waals surface area contributed by atoms with Gasteiger partial charge in [0.25, 0.3) is 11.8 Å². The smallest absolute Gasteiger partial charge is 0.481 e. The van der Waals surface area contributed by atoms with Gasteiger partial charge in [0.1, 0.15) is 5.75 Å². The van der Waals surface area contributed by atoms with E-state index >= 15 is 0 Å². The topological polar surface area (TPSA) is 210 Å². The maximum Gasteiger partial charge on any atom is 0.573 e. The summed E-state index contributed by atoms with van der Waals surface area (Å²) < 4.78 is 123. The van der Waals surface area contributed by atoms with Crippen molar-refractivity contribution in [3.63, 3.8) is 0 Å². The largest absolute Gasteiger partial charge is 0.573 e. The summed E-state index contributed by atoms with van der Waals surface area (Å²) in [5.74, 6) is -7.52. The van der Waals surface area contributed by atoms with Crippen LogP contribution in [0.4, 0.5) is 39.5 Å². The molecule has 1 aliphatic rings. The van der Waals surface area contributed by atoms with Crippen LogP contribution in [0.15, 0.2) is 146 Å². The van der Waals surface area contributed by atoms with Crippen LogP contribution in [-0.2, 0) is 27.4 Å². The minimum atomic E-state index is -5.15. The highest BCUT2D eigenvalue weighted by molar-refractivity contribution is 6.32. The lowest BCUT2D eigenvalue weighted by Crippen LogP contribution is -2.26. The lowest BCUT2D eigenvalue weighted by Gasteiger charge is -2.23. The third kappa shape index (κ3) is 19.7. The van der Waals surface area contributed by atoms with Gasteiger partial charge >= 0.3 is 30.7 Å². The fourth-order valence-electron chi connectivity index (χ4n) is 9.37. The number of carbonyl (C=O) groups excluding carboxylic acids is 6. The molecule has 1 atom stereocenters. The second-order valence-corrected chi connectivity index (χ2v) is 21.4. The van der Waals surface area contributed by atoms with Crippen LogP contribution in [-0.4, -0.2) is 76.6 Å². The number of ketones is 4. The van der Waals surface area contributed by atoms with E-state index in [0.717, 1.165) is 61.4 Å². The number of carboxylic acids is 2. The molecule has 7 rings (SSSR count). The molecule has 1 unspecified atom stereocenters. The standard InChI is InChI=1S/C34H31F6NO5.C31H28F3NO6/c35-33(36,37)26-16-25(17-27(18-26)34(38,39)40)29(42)19-28(22-8-6-21(7-9-22)20-4-2-1-3-5-20)31(45)23-10-12-24(13-11-23)32(46)41-15-14-30(43)44;1-30(2,3)23-12-8-20(9-13-23)26(36)18-25(19-10-14-24(15-11-19)41-31(32,33)34)28(39)21-4-6-22(7-5-21)29(40)35-17-16-27(37)38/h6-13,16-18,20,28H,1-5,14-15,19H2,(H,41,46)(H,43,44);4-15,18H,16-17H2,1-3H3,(H,35,40)(H,37,38). The Labute approximate surface area is 493 Å². The SMILES string of the molecule is CC(C)(C)c1ccc(C(=O)C=C(C(=O)c2ccc(C(=O)NCCC(=O)O)cc2)c2ccc(OC(F)(F)F)cc2)cc1.O=C(O)CCNC(=O)c1ccc(C(=O)C(CC(=O)c2cc(C(F)(F)F)cc(C(F)(F)F)c2)c2ccc(C3CCCCC3)cc2)cc1. The average Bonchev–Trinajstić information content (AvgIpc) is 1.62. The second kappa shape index (κ2) is 28.8. The van der Waals surface area contributed by atoms with Gasteiger partial charge in [0.2, 0.25) is 0 Å². The molecule has 0 saturated heterocycles. The normalized spacial score (nSPS) is 13.5. The van der Waals surface area contributed by atoms with Crippen LogP contribution < -0.4 is 15.4 Å². The van der Waals surface area contributed by atoms with E-state index in [1.165, 1.54) is 60.7 Å². The number of ether oxygens (including phenoxy) is 1.